The Bertz CT molecular complexity index is 573. The Kier molecular flexibility index (Phi) is 5.39. The van der Waals surface area contributed by atoms with E-state index in [0.29, 0.717) is 6.54 Å². The van der Waals surface area contributed by atoms with Crippen LogP contribution in [0, 0.1) is 0 Å². The number of nitrogens with one attached hydrogen (secondary N) is 2. The summed E-state index contributed by atoms with van der Waals surface area (Å²) in [7, 11) is 0. The molecule has 1 aromatic heterocycles. The van der Waals surface area contributed by atoms with E-state index < -0.39 is 0 Å². The van der Waals surface area contributed by atoms with Crippen molar-refractivity contribution in [2.24, 2.45) is 0 Å². The molecule has 0 aliphatic carbocycles. The number of carbonyl (C=O) groups excluding carboxylic acids is 1. The van der Waals surface area contributed by atoms with Crippen LogP contribution in [-0.2, 0) is 11.3 Å². The molecule has 0 saturated heterocycles. The number of thiophene rings is 1. The smallest absolute Gasteiger partial charge is 0.238 e. The van der Waals surface area contributed by atoms with E-state index in [1.165, 1.54) is 11.3 Å². The van der Waals surface area contributed by atoms with Crippen molar-refractivity contribution in [2.45, 2.75) is 6.54 Å². The molecule has 0 saturated carbocycles. The van der Waals surface area contributed by atoms with Crippen LogP contribution in [0.15, 0.2) is 40.9 Å². The van der Waals surface area contributed by atoms with Gasteiger partial charge in [-0.3, -0.25) is 4.79 Å². The summed E-state index contributed by atoms with van der Waals surface area (Å²) in [5.41, 5.74) is 0.772. The number of hydrogen-bond donors (Lipinski definition) is 2. The summed E-state index contributed by atoms with van der Waals surface area (Å²) in [5, 5.41) is 5.91. The molecule has 3 nitrogen and oxygen atoms in total. The van der Waals surface area contributed by atoms with Crippen molar-refractivity contribution in [3.05, 3.63) is 50.1 Å². The van der Waals surface area contributed by atoms with Crippen LogP contribution in [0.4, 0.5) is 5.69 Å². The summed E-state index contributed by atoms with van der Waals surface area (Å²) >= 11 is 10.7. The summed E-state index contributed by atoms with van der Waals surface area (Å²) in [6, 6.07) is 11.3. The number of para-hydroxylation sites is 1. The minimum absolute atomic E-state index is 0.0745. The predicted molar refractivity (Wildman–Crippen MR) is 83.8 cm³/mol. The number of halogens is 2. The summed E-state index contributed by atoms with van der Waals surface area (Å²) in [6.45, 7) is 0.900. The average molecular weight is 360 g/mol. The highest BCUT2D eigenvalue weighted by molar-refractivity contribution is 9.10. The molecule has 1 heterocycles. The average Bonchev–Trinajstić information content (AvgIpc) is 2.78. The van der Waals surface area contributed by atoms with E-state index in [4.69, 9.17) is 11.6 Å². The molecule has 1 amide bonds. The van der Waals surface area contributed by atoms with Crippen molar-refractivity contribution in [3.63, 3.8) is 0 Å². The highest BCUT2D eigenvalue weighted by Crippen LogP contribution is 2.21. The fraction of sp³-hybridized carbons (Fsp3) is 0.154. The summed E-state index contributed by atoms with van der Waals surface area (Å²) < 4.78 is 1.63. The second-order valence-electron chi connectivity index (χ2n) is 3.84. The first kappa shape index (κ1) is 14.5. The van der Waals surface area contributed by atoms with E-state index >= 15 is 0 Å². The molecule has 6 heteroatoms. The van der Waals surface area contributed by atoms with E-state index in [2.05, 4.69) is 26.6 Å². The molecule has 0 aliphatic heterocycles. The minimum Gasteiger partial charge on any atom is -0.324 e. The highest BCUT2D eigenvalue weighted by Gasteiger charge is 2.05. The number of anilines is 1. The van der Waals surface area contributed by atoms with Gasteiger partial charge in [-0.15, -0.1) is 11.3 Å². The van der Waals surface area contributed by atoms with Crippen LogP contribution < -0.4 is 10.6 Å². The lowest BCUT2D eigenvalue weighted by atomic mass is 10.3. The molecule has 0 radical (unpaired) electrons. The van der Waals surface area contributed by atoms with Gasteiger partial charge in [0, 0.05) is 15.9 Å². The number of carbonyl (C=O) groups is 1. The van der Waals surface area contributed by atoms with Crippen molar-refractivity contribution in [3.8, 4) is 0 Å². The Hall–Kier alpha value is -0.880. The van der Waals surface area contributed by atoms with E-state index in [9.17, 15) is 4.79 Å². The van der Waals surface area contributed by atoms with E-state index in [1.54, 1.807) is 0 Å². The highest BCUT2D eigenvalue weighted by atomic mass is 79.9. The maximum Gasteiger partial charge on any atom is 0.238 e. The third-order valence-electron chi connectivity index (χ3n) is 2.36. The van der Waals surface area contributed by atoms with Crippen LogP contribution in [0.2, 0.25) is 4.34 Å². The van der Waals surface area contributed by atoms with Gasteiger partial charge < -0.3 is 10.6 Å². The SMILES string of the molecule is O=C(CNCc1ccc(Cl)s1)Nc1ccccc1Br. The van der Waals surface area contributed by atoms with Crippen LogP contribution >= 0.6 is 38.9 Å². The molecule has 0 unspecified atom stereocenters. The first-order chi connectivity index (χ1) is 9.15. The fourth-order valence-corrected chi connectivity index (χ4v) is 2.94. The topological polar surface area (TPSA) is 41.1 Å². The monoisotopic (exact) mass is 358 g/mol. The first-order valence-corrected chi connectivity index (χ1v) is 7.63. The molecular weight excluding hydrogens is 348 g/mol. The lowest BCUT2D eigenvalue weighted by Gasteiger charge is -2.07. The van der Waals surface area contributed by atoms with Gasteiger partial charge >= 0.3 is 0 Å². The molecule has 1 aromatic carbocycles. The zero-order valence-corrected chi connectivity index (χ0v) is 13.1. The third kappa shape index (κ3) is 4.62. The van der Waals surface area contributed by atoms with E-state index in [1.807, 2.05) is 36.4 Å². The van der Waals surface area contributed by atoms with Gasteiger partial charge in [0.05, 0.1) is 16.6 Å². The minimum atomic E-state index is -0.0745. The van der Waals surface area contributed by atoms with Crippen LogP contribution in [0.3, 0.4) is 0 Å². The van der Waals surface area contributed by atoms with Crippen molar-refractivity contribution in [1.82, 2.24) is 5.32 Å². The molecule has 2 aromatic rings. The summed E-state index contributed by atoms with van der Waals surface area (Å²) in [4.78, 5) is 12.9. The second-order valence-corrected chi connectivity index (χ2v) is 6.49. The van der Waals surface area contributed by atoms with Crippen molar-refractivity contribution in [2.75, 3.05) is 11.9 Å². The molecule has 100 valence electrons. The van der Waals surface area contributed by atoms with Gasteiger partial charge in [-0.2, -0.15) is 0 Å². The van der Waals surface area contributed by atoms with Gasteiger partial charge in [-0.25, -0.2) is 0 Å². The van der Waals surface area contributed by atoms with Gasteiger partial charge in [0.25, 0.3) is 0 Å². The molecule has 0 aliphatic rings. The lowest BCUT2D eigenvalue weighted by molar-refractivity contribution is -0.115. The normalized spacial score (nSPS) is 10.4. The Labute approximate surface area is 129 Å². The molecule has 2 N–H and O–H groups in total. The summed E-state index contributed by atoms with van der Waals surface area (Å²) in [6.07, 6.45) is 0. The third-order valence-corrected chi connectivity index (χ3v) is 4.28. The molecule has 0 fully saturated rings. The van der Waals surface area contributed by atoms with Crippen molar-refractivity contribution in [1.29, 1.82) is 0 Å². The fourth-order valence-electron chi connectivity index (χ4n) is 1.50. The Morgan fingerprint density at radius 3 is 2.74 bits per heavy atom. The van der Waals surface area contributed by atoms with Crippen LogP contribution in [0.1, 0.15) is 4.88 Å². The number of hydrogen-bond acceptors (Lipinski definition) is 3. The standard InChI is InChI=1S/C13H12BrClN2OS/c14-10-3-1-2-4-11(10)17-13(18)8-16-7-9-5-6-12(15)19-9/h1-6,16H,7-8H2,(H,17,18). The van der Waals surface area contributed by atoms with Crippen LogP contribution in [-0.4, -0.2) is 12.5 Å². The number of amides is 1. The van der Waals surface area contributed by atoms with Gasteiger partial charge in [-0.05, 0) is 40.2 Å². The molecule has 0 bridgehead atoms. The van der Waals surface area contributed by atoms with Gasteiger partial charge in [0.1, 0.15) is 0 Å². The molecule has 0 atom stereocenters. The largest absolute Gasteiger partial charge is 0.324 e. The predicted octanol–water partition coefficient (Wildman–Crippen LogP) is 3.89. The molecule has 0 spiro atoms. The number of rotatable bonds is 5. The maximum atomic E-state index is 11.7. The zero-order valence-electron chi connectivity index (χ0n) is 9.95. The quantitative estimate of drug-likeness (QED) is 0.850. The van der Waals surface area contributed by atoms with Gasteiger partial charge in [-0.1, -0.05) is 23.7 Å². The van der Waals surface area contributed by atoms with Gasteiger partial charge in [0.2, 0.25) is 5.91 Å². The molecule has 19 heavy (non-hydrogen) atoms. The van der Waals surface area contributed by atoms with Crippen molar-refractivity contribution >= 4 is 50.5 Å². The zero-order chi connectivity index (χ0) is 13.7. The Balaban J connectivity index is 1.77. The lowest BCUT2D eigenvalue weighted by Crippen LogP contribution is -2.27. The molecule has 2 rings (SSSR count). The molecular formula is C13H12BrClN2OS. The van der Waals surface area contributed by atoms with E-state index in [-0.39, 0.29) is 12.5 Å². The second kappa shape index (κ2) is 7.05. The Morgan fingerprint density at radius 2 is 2.05 bits per heavy atom. The van der Waals surface area contributed by atoms with Crippen LogP contribution in [0.25, 0.3) is 0 Å². The van der Waals surface area contributed by atoms with Crippen molar-refractivity contribution < 1.29 is 4.79 Å². The summed E-state index contributed by atoms with van der Waals surface area (Å²) in [5.74, 6) is -0.0745. The van der Waals surface area contributed by atoms with Crippen LogP contribution in [0.5, 0.6) is 0 Å². The Morgan fingerprint density at radius 1 is 1.26 bits per heavy atom. The maximum absolute atomic E-state index is 11.7. The first-order valence-electron chi connectivity index (χ1n) is 5.64. The van der Waals surface area contributed by atoms with Gasteiger partial charge in [0.15, 0.2) is 0 Å². The van der Waals surface area contributed by atoms with E-state index in [0.717, 1.165) is 19.4 Å². The number of benzene rings is 1.